The molecule has 0 saturated heterocycles. The summed E-state index contributed by atoms with van der Waals surface area (Å²) in [5.41, 5.74) is 6.87. The molecule has 0 aliphatic heterocycles. The number of anilines is 1. The number of carboxylic acids is 1. The van der Waals surface area contributed by atoms with E-state index in [4.69, 9.17) is 16.1 Å². The van der Waals surface area contributed by atoms with Crippen LogP contribution in [0.15, 0.2) is 24.3 Å². The van der Waals surface area contributed by atoms with E-state index in [0.29, 0.717) is 15.1 Å². The third-order valence-corrected chi connectivity index (χ3v) is 3.39. The molecule has 2 aromatic rings. The van der Waals surface area contributed by atoms with Crippen molar-refractivity contribution in [2.75, 3.05) is 5.73 Å². The zero-order valence-corrected chi connectivity index (χ0v) is 11.1. The average molecular weight is 354 g/mol. The SMILES string of the molecule is N#Cc1nn(-c2ccc(C(=O)O)cc2)c(N)c1I. The van der Waals surface area contributed by atoms with Crippen LogP contribution in [-0.4, -0.2) is 20.9 Å². The number of carbonyl (C=O) groups is 1. The summed E-state index contributed by atoms with van der Waals surface area (Å²) in [6.45, 7) is 0. The highest BCUT2D eigenvalue weighted by atomic mass is 127. The van der Waals surface area contributed by atoms with Crippen molar-refractivity contribution in [3.63, 3.8) is 0 Å². The number of nitriles is 1. The normalized spacial score (nSPS) is 10.0. The van der Waals surface area contributed by atoms with Crippen molar-refractivity contribution >= 4 is 34.4 Å². The summed E-state index contributed by atoms with van der Waals surface area (Å²) in [5, 5.41) is 21.7. The predicted molar refractivity (Wildman–Crippen MR) is 72.4 cm³/mol. The number of hydrogen-bond acceptors (Lipinski definition) is 4. The minimum absolute atomic E-state index is 0.180. The lowest BCUT2D eigenvalue weighted by molar-refractivity contribution is 0.0697. The van der Waals surface area contributed by atoms with Crippen molar-refractivity contribution in [2.24, 2.45) is 0 Å². The predicted octanol–water partition coefficient (Wildman–Crippen LogP) is 1.63. The summed E-state index contributed by atoms with van der Waals surface area (Å²) in [6.07, 6.45) is 0. The van der Waals surface area contributed by atoms with Crippen LogP contribution < -0.4 is 5.73 Å². The van der Waals surface area contributed by atoms with Gasteiger partial charge >= 0.3 is 5.97 Å². The highest BCUT2D eigenvalue weighted by Gasteiger charge is 2.14. The van der Waals surface area contributed by atoms with Gasteiger partial charge in [0.2, 0.25) is 0 Å². The van der Waals surface area contributed by atoms with Crippen LogP contribution in [0.1, 0.15) is 16.1 Å². The van der Waals surface area contributed by atoms with Crippen LogP contribution in [0.5, 0.6) is 0 Å². The third-order valence-electron chi connectivity index (χ3n) is 2.33. The second-order valence-corrected chi connectivity index (χ2v) is 4.50. The van der Waals surface area contributed by atoms with Crippen LogP contribution in [0.2, 0.25) is 0 Å². The molecule has 1 aromatic heterocycles. The van der Waals surface area contributed by atoms with E-state index in [9.17, 15) is 4.79 Å². The summed E-state index contributed by atoms with van der Waals surface area (Å²) in [6, 6.07) is 8.03. The van der Waals surface area contributed by atoms with Crippen LogP contribution in [0.25, 0.3) is 5.69 Å². The van der Waals surface area contributed by atoms with Gasteiger partial charge < -0.3 is 10.8 Å². The van der Waals surface area contributed by atoms with Gasteiger partial charge in [0, 0.05) is 0 Å². The Kier molecular flexibility index (Phi) is 3.20. The lowest BCUT2D eigenvalue weighted by atomic mass is 10.2. The molecule has 0 atom stereocenters. The van der Waals surface area contributed by atoms with E-state index in [2.05, 4.69) is 5.10 Å². The number of hydrogen-bond donors (Lipinski definition) is 2. The first-order valence-electron chi connectivity index (χ1n) is 4.82. The molecule has 0 aliphatic carbocycles. The fourth-order valence-electron chi connectivity index (χ4n) is 1.43. The van der Waals surface area contributed by atoms with Gasteiger partial charge in [0.25, 0.3) is 0 Å². The van der Waals surface area contributed by atoms with Crippen molar-refractivity contribution in [3.8, 4) is 11.8 Å². The van der Waals surface area contributed by atoms with Gasteiger partial charge in [-0.05, 0) is 46.9 Å². The Hall–Kier alpha value is -2.08. The van der Waals surface area contributed by atoms with E-state index in [1.807, 2.05) is 28.7 Å². The van der Waals surface area contributed by atoms with Crippen LogP contribution >= 0.6 is 22.6 Å². The van der Waals surface area contributed by atoms with E-state index in [-0.39, 0.29) is 11.3 Å². The molecule has 6 nitrogen and oxygen atoms in total. The number of carboxylic acid groups (broad SMARTS) is 1. The molecule has 7 heteroatoms. The van der Waals surface area contributed by atoms with Gasteiger partial charge in [-0.3, -0.25) is 0 Å². The Morgan fingerprint density at radius 1 is 1.44 bits per heavy atom. The molecule has 0 amide bonds. The molecule has 0 unspecified atom stereocenters. The van der Waals surface area contributed by atoms with Crippen molar-refractivity contribution < 1.29 is 9.90 Å². The quantitative estimate of drug-likeness (QED) is 0.798. The summed E-state index contributed by atoms with van der Waals surface area (Å²) in [4.78, 5) is 10.7. The molecular formula is C11H7IN4O2. The second-order valence-electron chi connectivity index (χ2n) is 3.42. The van der Waals surface area contributed by atoms with E-state index in [1.165, 1.54) is 16.8 Å². The summed E-state index contributed by atoms with van der Waals surface area (Å²) in [5.74, 6) is -0.641. The minimum Gasteiger partial charge on any atom is -0.478 e. The van der Waals surface area contributed by atoms with Crippen LogP contribution in [0.3, 0.4) is 0 Å². The van der Waals surface area contributed by atoms with Crippen molar-refractivity contribution in [1.82, 2.24) is 9.78 Å². The number of nitrogens with zero attached hydrogens (tertiary/aromatic N) is 3. The molecule has 1 aromatic carbocycles. The topological polar surface area (TPSA) is 105 Å². The standard InChI is InChI=1S/C11H7IN4O2/c12-9-8(5-13)15-16(10(9)14)7-3-1-6(2-4-7)11(17)18/h1-4H,14H2,(H,17,18). The first-order valence-corrected chi connectivity index (χ1v) is 5.90. The molecule has 18 heavy (non-hydrogen) atoms. The number of rotatable bonds is 2. The zero-order chi connectivity index (χ0) is 13.3. The fourth-order valence-corrected chi connectivity index (χ4v) is 1.88. The molecule has 0 aliphatic rings. The maximum atomic E-state index is 10.7. The monoisotopic (exact) mass is 354 g/mol. The Balaban J connectivity index is 2.50. The lowest BCUT2D eigenvalue weighted by Gasteiger charge is -2.04. The van der Waals surface area contributed by atoms with E-state index in [1.54, 1.807) is 12.1 Å². The van der Waals surface area contributed by atoms with Crippen molar-refractivity contribution in [2.45, 2.75) is 0 Å². The largest absolute Gasteiger partial charge is 0.478 e. The summed E-state index contributed by atoms with van der Waals surface area (Å²) < 4.78 is 1.99. The lowest BCUT2D eigenvalue weighted by Crippen LogP contribution is -2.03. The average Bonchev–Trinajstić information content (AvgIpc) is 2.66. The van der Waals surface area contributed by atoms with Crippen LogP contribution in [-0.2, 0) is 0 Å². The number of nitrogen functional groups attached to an aromatic ring is 1. The van der Waals surface area contributed by atoms with Crippen molar-refractivity contribution in [3.05, 3.63) is 39.1 Å². The maximum absolute atomic E-state index is 10.7. The molecule has 2 rings (SSSR count). The van der Waals surface area contributed by atoms with Gasteiger partial charge in [-0.15, -0.1) is 0 Å². The number of aromatic nitrogens is 2. The van der Waals surface area contributed by atoms with Gasteiger partial charge in [-0.1, -0.05) is 0 Å². The number of halogens is 1. The molecule has 0 saturated carbocycles. The fraction of sp³-hybridized carbons (Fsp3) is 0. The van der Waals surface area contributed by atoms with Crippen molar-refractivity contribution in [1.29, 1.82) is 5.26 Å². The van der Waals surface area contributed by atoms with Gasteiger partial charge in [0.1, 0.15) is 11.9 Å². The Morgan fingerprint density at radius 2 is 2.06 bits per heavy atom. The number of nitrogens with two attached hydrogens (primary N) is 1. The van der Waals surface area contributed by atoms with Gasteiger partial charge in [-0.25, -0.2) is 9.48 Å². The van der Waals surface area contributed by atoms with Crippen LogP contribution in [0, 0.1) is 14.9 Å². The molecular weight excluding hydrogens is 347 g/mol. The van der Waals surface area contributed by atoms with Gasteiger partial charge in [-0.2, -0.15) is 10.4 Å². The molecule has 0 fully saturated rings. The zero-order valence-electron chi connectivity index (χ0n) is 8.96. The molecule has 0 bridgehead atoms. The third kappa shape index (κ3) is 2.02. The molecule has 1 heterocycles. The molecule has 0 spiro atoms. The first-order chi connectivity index (χ1) is 8.54. The Labute approximate surface area is 116 Å². The van der Waals surface area contributed by atoms with E-state index >= 15 is 0 Å². The summed E-state index contributed by atoms with van der Waals surface area (Å²) >= 11 is 1.94. The smallest absolute Gasteiger partial charge is 0.335 e. The van der Waals surface area contributed by atoms with E-state index < -0.39 is 5.97 Å². The minimum atomic E-state index is -0.998. The summed E-state index contributed by atoms with van der Waals surface area (Å²) in [7, 11) is 0. The highest BCUT2D eigenvalue weighted by molar-refractivity contribution is 14.1. The molecule has 0 radical (unpaired) electrons. The Bertz CT molecular complexity index is 655. The Morgan fingerprint density at radius 3 is 2.50 bits per heavy atom. The van der Waals surface area contributed by atoms with Gasteiger partial charge in [0.15, 0.2) is 5.69 Å². The second kappa shape index (κ2) is 4.66. The van der Waals surface area contributed by atoms with E-state index in [0.717, 1.165) is 0 Å². The molecule has 3 N–H and O–H groups in total. The van der Waals surface area contributed by atoms with Crippen LogP contribution in [0.4, 0.5) is 5.82 Å². The maximum Gasteiger partial charge on any atom is 0.335 e. The first kappa shape index (κ1) is 12.4. The highest BCUT2D eigenvalue weighted by Crippen LogP contribution is 2.22. The number of aromatic carboxylic acids is 1. The van der Waals surface area contributed by atoms with Gasteiger partial charge in [0.05, 0.1) is 14.8 Å². The number of benzene rings is 1. The molecule has 90 valence electrons.